The molecule has 0 aliphatic heterocycles. The van der Waals surface area contributed by atoms with E-state index in [0.29, 0.717) is 0 Å². The molecule has 22 heavy (non-hydrogen) atoms. The maximum Gasteiger partial charge on any atom is 0.212 e. The molecule has 0 atom stereocenters. The van der Waals surface area contributed by atoms with Crippen molar-refractivity contribution in [1.29, 1.82) is 0 Å². The molecule has 0 N–H and O–H groups in total. The molecule has 4 rings (SSSR count). The number of hydrogen-bond donors (Lipinski definition) is 0. The van der Waals surface area contributed by atoms with Crippen molar-refractivity contribution in [3.63, 3.8) is 0 Å². The van der Waals surface area contributed by atoms with E-state index in [0.717, 1.165) is 21.9 Å². The van der Waals surface area contributed by atoms with Gasteiger partial charge in [0.1, 0.15) is 18.2 Å². The van der Waals surface area contributed by atoms with Gasteiger partial charge in [-0.25, -0.2) is 4.57 Å². The SMILES string of the molecule is Cc1cc[n+](C)c(-c2cc3c(cc2C)oc2ccncc23)c1. The molecule has 0 saturated carbocycles. The number of furan rings is 1. The Bertz CT molecular complexity index is 1010. The standard InChI is InChI=1S/C19H17N2O/c1-12-5-7-21(3)17(8-12)14-10-15-16-11-20-6-4-18(16)22-19(15)9-13(14)2/h4-11H,1-3H3/q+1. The molecule has 4 aromatic rings. The number of rotatable bonds is 1. The van der Waals surface area contributed by atoms with E-state index in [2.05, 4.69) is 60.9 Å². The number of aryl methyl sites for hydroxylation is 3. The summed E-state index contributed by atoms with van der Waals surface area (Å²) in [5.41, 5.74) is 6.70. The first kappa shape index (κ1) is 13.0. The summed E-state index contributed by atoms with van der Waals surface area (Å²) in [7, 11) is 2.08. The van der Waals surface area contributed by atoms with Gasteiger partial charge in [-0.15, -0.1) is 0 Å². The Morgan fingerprint density at radius 2 is 1.86 bits per heavy atom. The van der Waals surface area contributed by atoms with Crippen LogP contribution in [-0.4, -0.2) is 4.98 Å². The first-order chi connectivity index (χ1) is 10.6. The second-order valence-corrected chi connectivity index (χ2v) is 5.84. The first-order valence-corrected chi connectivity index (χ1v) is 7.37. The highest BCUT2D eigenvalue weighted by molar-refractivity contribution is 6.06. The van der Waals surface area contributed by atoms with Crippen LogP contribution in [0.3, 0.4) is 0 Å². The van der Waals surface area contributed by atoms with Crippen LogP contribution in [0.1, 0.15) is 11.1 Å². The average molecular weight is 289 g/mol. The van der Waals surface area contributed by atoms with Crippen molar-refractivity contribution < 1.29 is 8.98 Å². The maximum atomic E-state index is 5.93. The smallest absolute Gasteiger partial charge is 0.212 e. The summed E-state index contributed by atoms with van der Waals surface area (Å²) in [6.45, 7) is 4.25. The summed E-state index contributed by atoms with van der Waals surface area (Å²) < 4.78 is 8.09. The summed E-state index contributed by atoms with van der Waals surface area (Å²) in [5.74, 6) is 0. The van der Waals surface area contributed by atoms with Crippen LogP contribution in [0.15, 0.2) is 53.3 Å². The molecular formula is C19H17N2O+. The molecule has 3 heteroatoms. The molecule has 3 heterocycles. The highest BCUT2D eigenvalue weighted by Gasteiger charge is 2.16. The van der Waals surface area contributed by atoms with Crippen molar-refractivity contribution in [2.45, 2.75) is 13.8 Å². The highest BCUT2D eigenvalue weighted by atomic mass is 16.3. The Kier molecular flexibility index (Phi) is 2.76. The Labute approximate surface area is 128 Å². The third-order valence-corrected chi connectivity index (χ3v) is 4.20. The Morgan fingerprint density at radius 3 is 2.73 bits per heavy atom. The van der Waals surface area contributed by atoms with E-state index in [1.807, 2.05) is 12.3 Å². The fraction of sp³-hybridized carbons (Fsp3) is 0.158. The van der Waals surface area contributed by atoms with Gasteiger partial charge in [0.15, 0.2) is 6.20 Å². The zero-order valence-corrected chi connectivity index (χ0v) is 12.9. The van der Waals surface area contributed by atoms with Gasteiger partial charge in [-0.1, -0.05) is 0 Å². The number of aromatic nitrogens is 2. The molecule has 0 unspecified atom stereocenters. The summed E-state index contributed by atoms with van der Waals surface area (Å²) >= 11 is 0. The first-order valence-electron chi connectivity index (χ1n) is 7.37. The number of pyridine rings is 2. The summed E-state index contributed by atoms with van der Waals surface area (Å²) in [4.78, 5) is 4.23. The topological polar surface area (TPSA) is 29.9 Å². The molecule has 0 aliphatic carbocycles. The molecule has 3 aromatic heterocycles. The molecule has 108 valence electrons. The largest absolute Gasteiger partial charge is 0.456 e. The normalized spacial score (nSPS) is 11.4. The van der Waals surface area contributed by atoms with Gasteiger partial charge in [0.25, 0.3) is 0 Å². The molecule has 0 bridgehead atoms. The van der Waals surface area contributed by atoms with Crippen LogP contribution >= 0.6 is 0 Å². The Balaban J connectivity index is 2.07. The zero-order chi connectivity index (χ0) is 15.3. The van der Waals surface area contributed by atoms with Crippen LogP contribution in [0.5, 0.6) is 0 Å². The predicted molar refractivity (Wildman–Crippen MR) is 87.6 cm³/mol. The third-order valence-electron chi connectivity index (χ3n) is 4.20. The predicted octanol–water partition coefficient (Wildman–Crippen LogP) is 4.09. The van der Waals surface area contributed by atoms with E-state index in [4.69, 9.17) is 4.42 Å². The van der Waals surface area contributed by atoms with Crippen LogP contribution in [-0.2, 0) is 7.05 Å². The van der Waals surface area contributed by atoms with E-state index < -0.39 is 0 Å². The van der Waals surface area contributed by atoms with Gasteiger partial charge in [-0.2, -0.15) is 0 Å². The zero-order valence-electron chi connectivity index (χ0n) is 12.9. The highest BCUT2D eigenvalue weighted by Crippen LogP contribution is 2.33. The lowest BCUT2D eigenvalue weighted by Gasteiger charge is -2.05. The second kappa shape index (κ2) is 4.67. The van der Waals surface area contributed by atoms with Crippen LogP contribution in [0, 0.1) is 13.8 Å². The summed E-state index contributed by atoms with van der Waals surface area (Å²) in [6.07, 6.45) is 5.74. The Morgan fingerprint density at radius 1 is 1.00 bits per heavy atom. The molecule has 0 fully saturated rings. The van der Waals surface area contributed by atoms with Crippen LogP contribution in [0.4, 0.5) is 0 Å². The van der Waals surface area contributed by atoms with E-state index >= 15 is 0 Å². The lowest BCUT2D eigenvalue weighted by atomic mass is 10.0. The quantitative estimate of drug-likeness (QED) is 0.494. The summed E-state index contributed by atoms with van der Waals surface area (Å²) in [5, 5.41) is 2.18. The van der Waals surface area contributed by atoms with Crippen molar-refractivity contribution in [2.24, 2.45) is 7.05 Å². The van der Waals surface area contributed by atoms with Gasteiger partial charge in [0.2, 0.25) is 5.69 Å². The molecule has 0 saturated heterocycles. The molecular weight excluding hydrogens is 272 g/mol. The fourth-order valence-electron chi connectivity index (χ4n) is 2.99. The van der Waals surface area contributed by atoms with E-state index in [1.54, 1.807) is 6.20 Å². The summed E-state index contributed by atoms with van der Waals surface area (Å²) in [6, 6.07) is 10.6. The number of nitrogens with zero attached hydrogens (tertiary/aromatic N) is 2. The minimum absolute atomic E-state index is 0.884. The van der Waals surface area contributed by atoms with Crippen molar-refractivity contribution >= 4 is 21.9 Å². The number of fused-ring (bicyclic) bond motifs is 3. The Hall–Kier alpha value is -2.68. The van der Waals surface area contributed by atoms with E-state index in [-0.39, 0.29) is 0 Å². The average Bonchev–Trinajstić information content (AvgIpc) is 2.86. The minimum Gasteiger partial charge on any atom is -0.456 e. The van der Waals surface area contributed by atoms with Crippen molar-refractivity contribution in [3.05, 3.63) is 60.0 Å². The van der Waals surface area contributed by atoms with Crippen LogP contribution in [0.2, 0.25) is 0 Å². The van der Waals surface area contributed by atoms with E-state index in [1.165, 1.54) is 22.4 Å². The lowest BCUT2D eigenvalue weighted by molar-refractivity contribution is -0.660. The monoisotopic (exact) mass is 289 g/mol. The molecule has 0 spiro atoms. The van der Waals surface area contributed by atoms with Gasteiger partial charge in [0.05, 0.1) is 0 Å². The molecule has 0 aliphatic rings. The van der Waals surface area contributed by atoms with E-state index in [9.17, 15) is 0 Å². The van der Waals surface area contributed by atoms with Crippen molar-refractivity contribution in [3.8, 4) is 11.3 Å². The van der Waals surface area contributed by atoms with Gasteiger partial charge in [-0.3, -0.25) is 4.98 Å². The molecule has 1 aromatic carbocycles. The van der Waals surface area contributed by atoms with Crippen molar-refractivity contribution in [2.75, 3.05) is 0 Å². The number of benzene rings is 1. The van der Waals surface area contributed by atoms with Gasteiger partial charge in [-0.05, 0) is 43.2 Å². The van der Waals surface area contributed by atoms with Gasteiger partial charge in [0, 0.05) is 40.9 Å². The van der Waals surface area contributed by atoms with Gasteiger partial charge >= 0.3 is 0 Å². The van der Waals surface area contributed by atoms with Crippen LogP contribution in [0.25, 0.3) is 33.2 Å². The third kappa shape index (κ3) is 1.90. The lowest BCUT2D eigenvalue weighted by Crippen LogP contribution is -2.30. The van der Waals surface area contributed by atoms with Crippen LogP contribution < -0.4 is 4.57 Å². The molecule has 0 amide bonds. The van der Waals surface area contributed by atoms with Crippen molar-refractivity contribution in [1.82, 2.24) is 4.98 Å². The second-order valence-electron chi connectivity index (χ2n) is 5.84. The fourth-order valence-corrected chi connectivity index (χ4v) is 2.99. The maximum absolute atomic E-state index is 5.93. The minimum atomic E-state index is 0.884. The molecule has 3 nitrogen and oxygen atoms in total. The molecule has 0 radical (unpaired) electrons. The van der Waals surface area contributed by atoms with Gasteiger partial charge < -0.3 is 4.42 Å². The number of hydrogen-bond acceptors (Lipinski definition) is 2.